The van der Waals surface area contributed by atoms with Crippen LogP contribution >= 0.6 is 11.6 Å². The highest BCUT2D eigenvalue weighted by Gasteiger charge is 2.20. The smallest absolute Gasteiger partial charge is 0.244 e. The van der Waals surface area contributed by atoms with E-state index in [1.165, 1.54) is 11.1 Å². The highest BCUT2D eigenvalue weighted by Crippen LogP contribution is 2.28. The molecule has 5 heteroatoms. The monoisotopic (exact) mass is 445 g/mol. The summed E-state index contributed by atoms with van der Waals surface area (Å²) in [6, 6.07) is 23.8. The summed E-state index contributed by atoms with van der Waals surface area (Å²) in [6.45, 7) is 6.79. The summed E-state index contributed by atoms with van der Waals surface area (Å²) in [6.07, 6.45) is 1.07. The molecule has 4 rings (SSSR count). The second-order valence-corrected chi connectivity index (χ2v) is 9.10. The molecule has 0 bridgehead atoms. The summed E-state index contributed by atoms with van der Waals surface area (Å²) in [4.78, 5) is 17.8. The van der Waals surface area contributed by atoms with Crippen LogP contribution in [0.4, 0.5) is 5.69 Å². The first-order valence-corrected chi connectivity index (χ1v) is 11.4. The lowest BCUT2D eigenvalue weighted by Gasteiger charge is -2.16. The molecule has 0 saturated heterocycles. The predicted octanol–water partition coefficient (Wildman–Crippen LogP) is 6.68. The fraction of sp³-hybridized carbons (Fsp3) is 0.259. The molecule has 1 N–H and O–H groups in total. The second-order valence-electron chi connectivity index (χ2n) is 8.66. The molecule has 164 valence electrons. The number of hydrogen-bond acceptors (Lipinski definition) is 2. The average Bonchev–Trinajstić information content (AvgIpc) is 3.13. The Balaban J connectivity index is 1.62. The Morgan fingerprint density at radius 1 is 0.969 bits per heavy atom. The average molecular weight is 446 g/mol. The minimum absolute atomic E-state index is 0.0545. The summed E-state index contributed by atoms with van der Waals surface area (Å²) < 4.78 is 2.02. The van der Waals surface area contributed by atoms with Gasteiger partial charge in [0.15, 0.2) is 0 Å². The number of rotatable bonds is 7. The molecule has 4 nitrogen and oxygen atoms in total. The van der Waals surface area contributed by atoms with Gasteiger partial charge in [-0.05, 0) is 59.9 Å². The van der Waals surface area contributed by atoms with E-state index in [0.717, 1.165) is 29.0 Å². The standard InChI is InChI=1S/C27H28ClN3O/c1-18(2)16-20-8-10-21(11-9-20)19(3)27-30-24-6-4-5-7-25(24)31(27)17-26(32)29-23-14-12-22(28)13-15-23/h4-15,18-19H,16-17H2,1-3H3,(H,29,32). The zero-order valence-electron chi connectivity index (χ0n) is 18.7. The van der Waals surface area contributed by atoms with Gasteiger partial charge in [0.1, 0.15) is 12.4 Å². The Bertz CT molecular complexity index is 1210. The maximum absolute atomic E-state index is 12.9. The summed E-state index contributed by atoms with van der Waals surface area (Å²) in [5, 5.41) is 3.60. The third-order valence-electron chi connectivity index (χ3n) is 5.62. The topological polar surface area (TPSA) is 46.9 Å². The van der Waals surface area contributed by atoms with E-state index in [-0.39, 0.29) is 18.4 Å². The van der Waals surface area contributed by atoms with Crippen molar-refractivity contribution < 1.29 is 4.79 Å². The quantitative estimate of drug-likeness (QED) is 0.345. The lowest BCUT2D eigenvalue weighted by atomic mass is 9.96. The van der Waals surface area contributed by atoms with Crippen molar-refractivity contribution in [3.05, 3.63) is 94.8 Å². The molecule has 32 heavy (non-hydrogen) atoms. The van der Waals surface area contributed by atoms with Gasteiger partial charge in [-0.2, -0.15) is 0 Å². The fourth-order valence-corrected chi connectivity index (χ4v) is 4.16. The number of halogens is 1. The van der Waals surface area contributed by atoms with Crippen molar-refractivity contribution >= 4 is 34.2 Å². The number of fused-ring (bicyclic) bond motifs is 1. The Kier molecular flexibility index (Phi) is 6.61. The minimum Gasteiger partial charge on any atom is -0.325 e. The Labute approximate surface area is 194 Å². The van der Waals surface area contributed by atoms with Crippen LogP contribution in [-0.2, 0) is 17.8 Å². The van der Waals surface area contributed by atoms with Crippen LogP contribution in [0.25, 0.3) is 11.0 Å². The molecule has 0 aliphatic heterocycles. The van der Waals surface area contributed by atoms with Crippen LogP contribution in [-0.4, -0.2) is 15.5 Å². The molecule has 0 fully saturated rings. The number of carbonyl (C=O) groups is 1. The third kappa shape index (κ3) is 5.03. The van der Waals surface area contributed by atoms with Gasteiger partial charge in [-0.3, -0.25) is 4.79 Å². The van der Waals surface area contributed by atoms with Crippen molar-refractivity contribution in [1.29, 1.82) is 0 Å². The highest BCUT2D eigenvalue weighted by atomic mass is 35.5. The molecule has 0 radical (unpaired) electrons. The van der Waals surface area contributed by atoms with Gasteiger partial charge < -0.3 is 9.88 Å². The SMILES string of the molecule is CC(C)Cc1ccc(C(C)c2nc3ccccc3n2CC(=O)Nc2ccc(Cl)cc2)cc1. The molecule has 0 saturated carbocycles. The van der Waals surface area contributed by atoms with Crippen LogP contribution < -0.4 is 5.32 Å². The molecule has 0 spiro atoms. The molecule has 1 unspecified atom stereocenters. The van der Waals surface area contributed by atoms with Crippen LogP contribution in [0.1, 0.15) is 43.6 Å². The van der Waals surface area contributed by atoms with Gasteiger partial charge in [0.05, 0.1) is 11.0 Å². The van der Waals surface area contributed by atoms with Crippen molar-refractivity contribution in [2.24, 2.45) is 5.92 Å². The number of benzene rings is 3. The van der Waals surface area contributed by atoms with E-state index in [1.54, 1.807) is 24.3 Å². The zero-order valence-corrected chi connectivity index (χ0v) is 19.4. The number of nitrogens with one attached hydrogen (secondary N) is 1. The Morgan fingerprint density at radius 3 is 2.34 bits per heavy atom. The molecular weight excluding hydrogens is 418 g/mol. The van der Waals surface area contributed by atoms with Crippen molar-refractivity contribution in [3.8, 4) is 0 Å². The molecule has 3 aromatic carbocycles. The van der Waals surface area contributed by atoms with Gasteiger partial charge >= 0.3 is 0 Å². The number of carbonyl (C=O) groups excluding carboxylic acids is 1. The number of amides is 1. The minimum atomic E-state index is -0.101. The van der Waals surface area contributed by atoms with E-state index in [4.69, 9.17) is 16.6 Å². The lowest BCUT2D eigenvalue weighted by Crippen LogP contribution is -2.21. The van der Waals surface area contributed by atoms with E-state index in [0.29, 0.717) is 10.9 Å². The van der Waals surface area contributed by atoms with Gasteiger partial charge in [-0.15, -0.1) is 0 Å². The number of nitrogens with zero attached hydrogens (tertiary/aromatic N) is 2. The van der Waals surface area contributed by atoms with Gasteiger partial charge in [-0.1, -0.05) is 68.8 Å². The number of anilines is 1. The first-order chi connectivity index (χ1) is 15.4. The van der Waals surface area contributed by atoms with E-state index in [1.807, 2.05) is 28.8 Å². The van der Waals surface area contributed by atoms with E-state index in [9.17, 15) is 4.79 Å². The molecule has 1 atom stereocenters. The summed E-state index contributed by atoms with van der Waals surface area (Å²) in [7, 11) is 0. The van der Waals surface area contributed by atoms with Crippen molar-refractivity contribution in [2.75, 3.05) is 5.32 Å². The molecule has 1 aromatic heterocycles. The summed E-state index contributed by atoms with van der Waals surface area (Å²) in [5.41, 5.74) is 5.10. The lowest BCUT2D eigenvalue weighted by molar-refractivity contribution is -0.116. The molecule has 0 aliphatic rings. The Morgan fingerprint density at radius 2 is 1.66 bits per heavy atom. The molecule has 1 heterocycles. The van der Waals surface area contributed by atoms with Crippen LogP contribution in [0, 0.1) is 5.92 Å². The number of imidazole rings is 1. The number of para-hydroxylation sites is 2. The largest absolute Gasteiger partial charge is 0.325 e. The fourth-order valence-electron chi connectivity index (χ4n) is 4.03. The second kappa shape index (κ2) is 9.58. The van der Waals surface area contributed by atoms with Crippen molar-refractivity contribution in [1.82, 2.24) is 9.55 Å². The van der Waals surface area contributed by atoms with Crippen molar-refractivity contribution in [3.63, 3.8) is 0 Å². The van der Waals surface area contributed by atoms with E-state index >= 15 is 0 Å². The highest BCUT2D eigenvalue weighted by molar-refractivity contribution is 6.30. The van der Waals surface area contributed by atoms with Gasteiger partial charge in [0, 0.05) is 16.6 Å². The Hall–Kier alpha value is -3.11. The maximum Gasteiger partial charge on any atom is 0.244 e. The number of hydrogen-bond donors (Lipinski definition) is 1. The van der Waals surface area contributed by atoms with Crippen molar-refractivity contribution in [2.45, 2.75) is 39.7 Å². The summed E-state index contributed by atoms with van der Waals surface area (Å²) >= 11 is 5.95. The van der Waals surface area contributed by atoms with Gasteiger partial charge in [0.2, 0.25) is 5.91 Å². The third-order valence-corrected chi connectivity index (χ3v) is 5.88. The van der Waals surface area contributed by atoms with Gasteiger partial charge in [0.25, 0.3) is 0 Å². The molecule has 4 aromatic rings. The zero-order chi connectivity index (χ0) is 22.7. The summed E-state index contributed by atoms with van der Waals surface area (Å²) in [5.74, 6) is 1.46. The van der Waals surface area contributed by atoms with Crippen LogP contribution in [0.15, 0.2) is 72.8 Å². The van der Waals surface area contributed by atoms with Crippen LogP contribution in [0.3, 0.4) is 0 Å². The molecule has 0 aliphatic carbocycles. The molecular formula is C27H28ClN3O. The maximum atomic E-state index is 12.9. The van der Waals surface area contributed by atoms with Crippen LogP contribution in [0.5, 0.6) is 0 Å². The van der Waals surface area contributed by atoms with Gasteiger partial charge in [-0.25, -0.2) is 4.98 Å². The number of aromatic nitrogens is 2. The predicted molar refractivity (Wildman–Crippen MR) is 132 cm³/mol. The van der Waals surface area contributed by atoms with E-state index in [2.05, 4.69) is 50.4 Å². The first kappa shape index (κ1) is 22.1. The van der Waals surface area contributed by atoms with Crippen LogP contribution in [0.2, 0.25) is 5.02 Å². The first-order valence-electron chi connectivity index (χ1n) is 11.0. The normalized spacial score (nSPS) is 12.3. The molecule has 1 amide bonds. The van der Waals surface area contributed by atoms with E-state index < -0.39 is 0 Å².